The molecule has 1 aromatic carbocycles. The highest BCUT2D eigenvalue weighted by Gasteiger charge is 2.24. The Labute approximate surface area is 162 Å². The Morgan fingerprint density at radius 1 is 1.14 bits per heavy atom. The van der Waals surface area contributed by atoms with E-state index in [-0.39, 0.29) is 23.9 Å². The van der Waals surface area contributed by atoms with E-state index in [1.165, 1.54) is 6.07 Å². The van der Waals surface area contributed by atoms with Gasteiger partial charge < -0.3 is 9.80 Å². The first-order valence-corrected chi connectivity index (χ1v) is 9.01. The number of amides is 2. The minimum absolute atomic E-state index is 0.00997. The van der Waals surface area contributed by atoms with Crippen molar-refractivity contribution in [3.63, 3.8) is 0 Å². The van der Waals surface area contributed by atoms with Crippen LogP contribution in [0, 0.1) is 11.6 Å². The summed E-state index contributed by atoms with van der Waals surface area (Å²) in [7, 11) is 3.57. The van der Waals surface area contributed by atoms with Gasteiger partial charge >= 0.3 is 0 Å². The van der Waals surface area contributed by atoms with Crippen LogP contribution < -0.4 is 0 Å². The molecular weight excluding hydrogens is 368 g/mol. The van der Waals surface area contributed by atoms with Gasteiger partial charge in [-0.15, -0.1) is 0 Å². The van der Waals surface area contributed by atoms with Crippen LogP contribution in [0.2, 0.25) is 0 Å². The van der Waals surface area contributed by atoms with Gasteiger partial charge in [-0.25, -0.2) is 8.78 Å². The van der Waals surface area contributed by atoms with Crippen molar-refractivity contribution in [2.24, 2.45) is 7.05 Å². The molecule has 2 heterocycles. The molecule has 28 heavy (non-hydrogen) atoms. The van der Waals surface area contributed by atoms with Gasteiger partial charge in [0.1, 0.15) is 0 Å². The predicted octanol–water partition coefficient (Wildman–Crippen LogP) is 1.11. The van der Waals surface area contributed by atoms with Crippen molar-refractivity contribution in [3.8, 4) is 0 Å². The summed E-state index contributed by atoms with van der Waals surface area (Å²) >= 11 is 0. The first kappa shape index (κ1) is 19.9. The Bertz CT molecular complexity index is 862. The highest BCUT2D eigenvalue weighted by Crippen LogP contribution is 2.13. The lowest BCUT2D eigenvalue weighted by atomic mass is 10.1. The molecular formula is C19H23F2N5O2. The van der Waals surface area contributed by atoms with Crippen LogP contribution in [0.25, 0.3) is 0 Å². The van der Waals surface area contributed by atoms with Crippen molar-refractivity contribution in [1.82, 2.24) is 24.5 Å². The number of likely N-dealkylation sites (N-methyl/N-ethyl adjacent to an activating group) is 1. The van der Waals surface area contributed by atoms with Crippen LogP contribution >= 0.6 is 0 Å². The number of carbonyl (C=O) groups excluding carboxylic acids is 2. The van der Waals surface area contributed by atoms with Crippen molar-refractivity contribution in [1.29, 1.82) is 0 Å². The maximum absolute atomic E-state index is 13.3. The Hall–Kier alpha value is -2.81. The number of hydrogen-bond donors (Lipinski definition) is 0. The molecule has 2 aromatic rings. The summed E-state index contributed by atoms with van der Waals surface area (Å²) in [6, 6.07) is 3.15. The van der Waals surface area contributed by atoms with Gasteiger partial charge in [0.05, 0.1) is 12.7 Å². The maximum Gasteiger partial charge on any atom is 0.254 e. The van der Waals surface area contributed by atoms with Crippen molar-refractivity contribution < 1.29 is 18.4 Å². The quantitative estimate of drug-likeness (QED) is 0.766. The topological polar surface area (TPSA) is 61.7 Å². The van der Waals surface area contributed by atoms with Crippen LogP contribution in [0.15, 0.2) is 30.6 Å². The molecule has 9 heteroatoms. The van der Waals surface area contributed by atoms with Gasteiger partial charge in [-0.2, -0.15) is 5.10 Å². The lowest BCUT2D eigenvalue weighted by Crippen LogP contribution is -2.51. The van der Waals surface area contributed by atoms with Crippen LogP contribution in [0.1, 0.15) is 15.9 Å². The van der Waals surface area contributed by atoms with E-state index in [1.54, 1.807) is 27.7 Å². The molecule has 150 valence electrons. The number of halogens is 2. The Morgan fingerprint density at radius 3 is 2.46 bits per heavy atom. The van der Waals surface area contributed by atoms with Gasteiger partial charge in [-0.3, -0.25) is 19.2 Å². The second-order valence-electron chi connectivity index (χ2n) is 6.97. The van der Waals surface area contributed by atoms with Gasteiger partial charge in [0.2, 0.25) is 5.91 Å². The largest absolute Gasteiger partial charge is 0.340 e. The normalized spacial score (nSPS) is 14.9. The summed E-state index contributed by atoms with van der Waals surface area (Å²) in [4.78, 5) is 30.1. The molecule has 1 aromatic heterocycles. The third-order valence-electron chi connectivity index (χ3n) is 4.79. The van der Waals surface area contributed by atoms with Gasteiger partial charge in [-0.05, 0) is 18.2 Å². The monoisotopic (exact) mass is 391 g/mol. The summed E-state index contributed by atoms with van der Waals surface area (Å²) in [6.07, 6.45) is 3.60. The summed E-state index contributed by atoms with van der Waals surface area (Å²) in [6.45, 7) is 2.70. The van der Waals surface area contributed by atoms with Crippen molar-refractivity contribution >= 4 is 11.8 Å². The number of piperazine rings is 1. The fourth-order valence-electron chi connectivity index (χ4n) is 3.15. The molecule has 1 fully saturated rings. The van der Waals surface area contributed by atoms with Crippen LogP contribution in [-0.2, 0) is 18.4 Å². The first-order chi connectivity index (χ1) is 13.3. The van der Waals surface area contributed by atoms with Crippen LogP contribution in [-0.4, -0.2) is 76.1 Å². The standard InChI is InChI=1S/C19H23F2N5O2/c1-23(11-14-10-22-24(2)12-14)18(27)13-25-5-7-26(8-6-25)19(28)15-3-4-16(20)17(21)9-15/h3-4,9-10,12H,5-8,11,13H2,1-2H3. The van der Waals surface area contributed by atoms with Crippen LogP contribution in [0.4, 0.5) is 8.78 Å². The fourth-order valence-corrected chi connectivity index (χ4v) is 3.15. The smallest absolute Gasteiger partial charge is 0.254 e. The van der Waals surface area contributed by atoms with Gasteiger partial charge in [0, 0.05) is 64.1 Å². The zero-order valence-corrected chi connectivity index (χ0v) is 15.9. The number of nitrogens with zero attached hydrogens (tertiary/aromatic N) is 5. The van der Waals surface area contributed by atoms with Gasteiger partial charge in [0.25, 0.3) is 5.91 Å². The highest BCUT2D eigenvalue weighted by atomic mass is 19.2. The van der Waals surface area contributed by atoms with E-state index in [9.17, 15) is 18.4 Å². The second kappa shape index (κ2) is 8.47. The molecule has 0 spiro atoms. The molecule has 0 atom stereocenters. The number of rotatable bonds is 5. The second-order valence-corrected chi connectivity index (χ2v) is 6.97. The molecule has 7 nitrogen and oxygen atoms in total. The number of benzene rings is 1. The molecule has 0 bridgehead atoms. The summed E-state index contributed by atoms with van der Waals surface area (Å²) < 4.78 is 28.1. The van der Waals surface area contributed by atoms with Crippen LogP contribution in [0.3, 0.4) is 0 Å². The molecule has 0 aliphatic carbocycles. The van der Waals surface area contributed by atoms with Crippen molar-refractivity contribution in [2.75, 3.05) is 39.8 Å². The van der Waals surface area contributed by atoms with E-state index in [2.05, 4.69) is 5.10 Å². The van der Waals surface area contributed by atoms with E-state index in [4.69, 9.17) is 0 Å². The predicted molar refractivity (Wildman–Crippen MR) is 98.4 cm³/mol. The minimum Gasteiger partial charge on any atom is -0.340 e. The van der Waals surface area contributed by atoms with E-state index < -0.39 is 11.6 Å². The van der Waals surface area contributed by atoms with Gasteiger partial charge in [0.15, 0.2) is 11.6 Å². The number of carbonyl (C=O) groups is 2. The molecule has 1 saturated heterocycles. The summed E-state index contributed by atoms with van der Waals surface area (Å²) in [5.41, 5.74) is 1.08. The first-order valence-electron chi connectivity index (χ1n) is 9.01. The van der Waals surface area contributed by atoms with E-state index >= 15 is 0 Å². The van der Waals surface area contributed by atoms with Crippen LogP contribution in [0.5, 0.6) is 0 Å². The van der Waals surface area contributed by atoms with E-state index in [0.29, 0.717) is 32.7 Å². The SMILES string of the molecule is CN(Cc1cnn(C)c1)C(=O)CN1CCN(C(=O)c2ccc(F)c(F)c2)CC1. The Morgan fingerprint density at radius 2 is 1.86 bits per heavy atom. The fraction of sp³-hybridized carbons (Fsp3) is 0.421. The van der Waals surface area contributed by atoms with Crippen molar-refractivity contribution in [3.05, 3.63) is 53.4 Å². The Balaban J connectivity index is 1.48. The lowest BCUT2D eigenvalue weighted by Gasteiger charge is -2.35. The molecule has 0 N–H and O–H groups in total. The number of aryl methyl sites for hydroxylation is 1. The van der Waals surface area contributed by atoms with Gasteiger partial charge in [-0.1, -0.05) is 0 Å². The maximum atomic E-state index is 13.3. The average molecular weight is 391 g/mol. The zero-order chi connectivity index (χ0) is 20.3. The molecule has 0 saturated carbocycles. The minimum atomic E-state index is -1.04. The van der Waals surface area contributed by atoms with E-state index in [0.717, 1.165) is 17.7 Å². The van der Waals surface area contributed by atoms with Crippen molar-refractivity contribution in [2.45, 2.75) is 6.54 Å². The summed E-state index contributed by atoms with van der Waals surface area (Å²) in [5, 5.41) is 4.09. The third-order valence-corrected chi connectivity index (χ3v) is 4.79. The number of aromatic nitrogens is 2. The molecule has 0 unspecified atom stereocenters. The number of hydrogen-bond acceptors (Lipinski definition) is 4. The molecule has 1 aliphatic heterocycles. The zero-order valence-electron chi connectivity index (χ0n) is 15.9. The third kappa shape index (κ3) is 4.72. The summed E-state index contributed by atoms with van der Waals surface area (Å²) in [5.74, 6) is -2.36. The molecule has 1 aliphatic rings. The molecule has 0 radical (unpaired) electrons. The average Bonchev–Trinajstić information content (AvgIpc) is 3.08. The molecule has 2 amide bonds. The highest BCUT2D eigenvalue weighted by molar-refractivity contribution is 5.94. The van der Waals surface area contributed by atoms with E-state index in [1.807, 2.05) is 18.1 Å². The Kier molecular flexibility index (Phi) is 6.03. The molecule has 3 rings (SSSR count). The lowest BCUT2D eigenvalue weighted by molar-refractivity contribution is -0.132.